The first-order chi connectivity index (χ1) is 11.2. The van der Waals surface area contributed by atoms with E-state index in [1.807, 2.05) is 6.07 Å². The highest BCUT2D eigenvalue weighted by molar-refractivity contribution is 5.93. The number of rotatable bonds is 4. The average molecular weight is 311 g/mol. The van der Waals surface area contributed by atoms with E-state index in [2.05, 4.69) is 39.5 Å². The highest BCUT2D eigenvalue weighted by atomic mass is 16.2. The van der Waals surface area contributed by atoms with Gasteiger partial charge in [0.05, 0.1) is 5.56 Å². The molecule has 2 heterocycles. The van der Waals surface area contributed by atoms with Crippen LogP contribution in [0.5, 0.6) is 0 Å². The molecule has 0 radical (unpaired) electrons. The molecule has 0 unspecified atom stereocenters. The molecule has 0 aliphatic carbocycles. The van der Waals surface area contributed by atoms with Crippen LogP contribution in [0.2, 0.25) is 0 Å². The van der Waals surface area contributed by atoms with Crippen LogP contribution in [0.4, 0.5) is 0 Å². The molecule has 2 aromatic rings. The summed E-state index contributed by atoms with van der Waals surface area (Å²) in [5.74, 6) is -0.122. The molecular weight excluding hydrogens is 290 g/mol. The third-order valence-corrected chi connectivity index (χ3v) is 4.22. The van der Waals surface area contributed by atoms with Crippen LogP contribution in [0.1, 0.15) is 28.8 Å². The molecule has 0 spiro atoms. The maximum Gasteiger partial charge on any atom is 0.252 e. The molecule has 0 saturated carbocycles. The minimum absolute atomic E-state index is 0.122. The third kappa shape index (κ3) is 4.29. The Morgan fingerprint density at radius 1 is 1.13 bits per heavy atom. The van der Waals surface area contributed by atoms with Crippen LogP contribution < -0.4 is 10.9 Å². The largest absolute Gasteiger partial charge is 0.349 e. The second kappa shape index (κ2) is 7.24. The van der Waals surface area contributed by atoms with Gasteiger partial charge in [0.1, 0.15) is 0 Å². The van der Waals surface area contributed by atoms with Gasteiger partial charge in [-0.3, -0.25) is 14.5 Å². The Balaban J connectivity index is 1.48. The highest BCUT2D eigenvalue weighted by Gasteiger charge is 2.21. The van der Waals surface area contributed by atoms with Crippen molar-refractivity contribution in [1.82, 2.24) is 15.2 Å². The van der Waals surface area contributed by atoms with Gasteiger partial charge in [-0.25, -0.2) is 0 Å². The number of piperidine rings is 1. The number of benzene rings is 1. The fraction of sp³-hybridized carbons (Fsp3) is 0.333. The van der Waals surface area contributed by atoms with Crippen molar-refractivity contribution in [2.75, 3.05) is 13.1 Å². The molecule has 3 rings (SSSR count). The Labute approximate surface area is 135 Å². The van der Waals surface area contributed by atoms with E-state index in [9.17, 15) is 9.59 Å². The molecule has 1 saturated heterocycles. The lowest BCUT2D eigenvalue weighted by molar-refractivity contribution is 0.0908. The van der Waals surface area contributed by atoms with Crippen molar-refractivity contribution in [3.63, 3.8) is 0 Å². The monoisotopic (exact) mass is 311 g/mol. The second-order valence-corrected chi connectivity index (χ2v) is 5.95. The highest BCUT2D eigenvalue weighted by Crippen LogP contribution is 2.14. The van der Waals surface area contributed by atoms with Crippen LogP contribution in [-0.4, -0.2) is 34.9 Å². The Kier molecular flexibility index (Phi) is 4.88. The van der Waals surface area contributed by atoms with Gasteiger partial charge in [-0.2, -0.15) is 0 Å². The molecule has 0 bridgehead atoms. The number of carbonyl (C=O) groups excluding carboxylic acids is 1. The average Bonchev–Trinajstić information content (AvgIpc) is 2.58. The van der Waals surface area contributed by atoms with Gasteiger partial charge in [-0.15, -0.1) is 0 Å². The van der Waals surface area contributed by atoms with Crippen molar-refractivity contribution in [3.05, 3.63) is 70.1 Å². The SMILES string of the molecule is O=C(NC1CCN(Cc2ccccc2)CC1)c1ccc(=O)[nH]c1. The number of aromatic nitrogens is 1. The summed E-state index contributed by atoms with van der Waals surface area (Å²) in [5, 5.41) is 3.05. The van der Waals surface area contributed by atoms with E-state index in [4.69, 9.17) is 0 Å². The zero-order valence-electron chi connectivity index (χ0n) is 13.0. The Bertz CT molecular complexity index is 683. The lowest BCUT2D eigenvalue weighted by Crippen LogP contribution is -2.44. The number of pyridine rings is 1. The molecule has 23 heavy (non-hydrogen) atoms. The van der Waals surface area contributed by atoms with E-state index in [1.165, 1.54) is 17.8 Å². The molecule has 5 nitrogen and oxygen atoms in total. The van der Waals surface area contributed by atoms with Gasteiger partial charge >= 0.3 is 0 Å². The summed E-state index contributed by atoms with van der Waals surface area (Å²) >= 11 is 0. The summed E-state index contributed by atoms with van der Waals surface area (Å²) in [6.07, 6.45) is 3.35. The molecule has 0 atom stereocenters. The first kappa shape index (κ1) is 15.5. The summed E-state index contributed by atoms with van der Waals surface area (Å²) < 4.78 is 0. The molecule has 1 aromatic carbocycles. The summed E-state index contributed by atoms with van der Waals surface area (Å²) in [4.78, 5) is 28.1. The fourth-order valence-electron chi connectivity index (χ4n) is 2.90. The Morgan fingerprint density at radius 3 is 2.52 bits per heavy atom. The van der Waals surface area contributed by atoms with Crippen LogP contribution >= 0.6 is 0 Å². The van der Waals surface area contributed by atoms with Gasteiger partial charge in [-0.1, -0.05) is 30.3 Å². The van der Waals surface area contributed by atoms with Crippen LogP contribution in [-0.2, 0) is 6.54 Å². The number of carbonyl (C=O) groups is 1. The summed E-state index contributed by atoms with van der Waals surface area (Å²) in [5.41, 5.74) is 1.62. The lowest BCUT2D eigenvalue weighted by Gasteiger charge is -2.32. The van der Waals surface area contributed by atoms with Gasteiger partial charge in [0.2, 0.25) is 5.56 Å². The molecule has 1 aliphatic rings. The van der Waals surface area contributed by atoms with Crippen LogP contribution in [0.3, 0.4) is 0 Å². The molecule has 1 amide bonds. The predicted octanol–water partition coefficient (Wildman–Crippen LogP) is 1.77. The zero-order valence-corrected chi connectivity index (χ0v) is 13.0. The maximum atomic E-state index is 12.1. The normalized spacial score (nSPS) is 16.2. The number of likely N-dealkylation sites (tertiary alicyclic amines) is 1. The fourth-order valence-corrected chi connectivity index (χ4v) is 2.90. The van der Waals surface area contributed by atoms with E-state index in [0.717, 1.165) is 32.5 Å². The van der Waals surface area contributed by atoms with Crippen molar-refractivity contribution < 1.29 is 4.79 Å². The minimum Gasteiger partial charge on any atom is -0.349 e. The predicted molar refractivity (Wildman–Crippen MR) is 89.3 cm³/mol. The first-order valence-corrected chi connectivity index (χ1v) is 7.96. The van der Waals surface area contributed by atoms with Crippen molar-refractivity contribution in [1.29, 1.82) is 0 Å². The number of amides is 1. The van der Waals surface area contributed by atoms with Gasteiger partial charge < -0.3 is 10.3 Å². The molecular formula is C18H21N3O2. The number of hydrogen-bond donors (Lipinski definition) is 2. The van der Waals surface area contributed by atoms with Crippen molar-refractivity contribution >= 4 is 5.91 Å². The number of nitrogens with zero attached hydrogens (tertiary/aromatic N) is 1. The Hall–Kier alpha value is -2.40. The quantitative estimate of drug-likeness (QED) is 0.904. The minimum atomic E-state index is -0.198. The maximum absolute atomic E-state index is 12.1. The van der Waals surface area contributed by atoms with Gasteiger partial charge in [-0.05, 0) is 24.5 Å². The van der Waals surface area contributed by atoms with Crippen molar-refractivity contribution in [2.45, 2.75) is 25.4 Å². The lowest BCUT2D eigenvalue weighted by atomic mass is 10.0. The van der Waals surface area contributed by atoms with Gasteiger partial charge in [0.15, 0.2) is 0 Å². The van der Waals surface area contributed by atoms with Crippen molar-refractivity contribution in [2.24, 2.45) is 0 Å². The third-order valence-electron chi connectivity index (χ3n) is 4.22. The number of H-pyrrole nitrogens is 1. The zero-order chi connectivity index (χ0) is 16.1. The molecule has 1 aliphatic heterocycles. The molecule has 120 valence electrons. The van der Waals surface area contributed by atoms with Crippen LogP contribution in [0, 0.1) is 0 Å². The number of nitrogens with one attached hydrogen (secondary N) is 2. The summed E-state index contributed by atoms with van der Waals surface area (Å²) in [6, 6.07) is 13.6. The van der Waals surface area contributed by atoms with E-state index in [1.54, 1.807) is 6.07 Å². The van der Waals surface area contributed by atoms with Crippen LogP contribution in [0.25, 0.3) is 0 Å². The van der Waals surface area contributed by atoms with Crippen molar-refractivity contribution in [3.8, 4) is 0 Å². The molecule has 1 aromatic heterocycles. The summed E-state index contributed by atoms with van der Waals surface area (Å²) in [6.45, 7) is 2.92. The van der Waals surface area contributed by atoms with E-state index in [-0.39, 0.29) is 17.5 Å². The molecule has 2 N–H and O–H groups in total. The molecule has 5 heteroatoms. The Morgan fingerprint density at radius 2 is 1.87 bits per heavy atom. The van der Waals surface area contributed by atoms with Crippen LogP contribution in [0.15, 0.2) is 53.5 Å². The van der Waals surface area contributed by atoms with E-state index in [0.29, 0.717) is 5.56 Å². The topological polar surface area (TPSA) is 65.2 Å². The van der Waals surface area contributed by atoms with E-state index < -0.39 is 0 Å². The smallest absolute Gasteiger partial charge is 0.252 e. The standard InChI is InChI=1S/C18H21N3O2/c22-17-7-6-15(12-19-17)18(23)20-16-8-10-21(11-9-16)13-14-4-2-1-3-5-14/h1-7,12,16H,8-11,13H2,(H,19,22)(H,20,23). The first-order valence-electron chi connectivity index (χ1n) is 7.96. The second-order valence-electron chi connectivity index (χ2n) is 5.95. The van der Waals surface area contributed by atoms with Gasteiger partial charge in [0.25, 0.3) is 5.91 Å². The van der Waals surface area contributed by atoms with Gasteiger partial charge in [0, 0.05) is 37.9 Å². The summed E-state index contributed by atoms with van der Waals surface area (Å²) in [7, 11) is 0. The number of aromatic amines is 1. The van der Waals surface area contributed by atoms with E-state index >= 15 is 0 Å². The number of hydrogen-bond acceptors (Lipinski definition) is 3. The molecule has 1 fully saturated rings.